The number of aromatic nitrogens is 1. The van der Waals surface area contributed by atoms with Gasteiger partial charge in [-0.3, -0.25) is 4.79 Å². The van der Waals surface area contributed by atoms with Gasteiger partial charge in [-0.15, -0.1) is 0 Å². The Kier molecular flexibility index (Phi) is 6.25. The highest BCUT2D eigenvalue weighted by molar-refractivity contribution is 6.29. The second-order valence-electron chi connectivity index (χ2n) is 4.91. The zero-order chi connectivity index (χ0) is 14.4. The van der Waals surface area contributed by atoms with Gasteiger partial charge < -0.3 is 10.2 Å². The molecule has 0 unspecified atom stereocenters. The minimum atomic E-state index is -0.101. The van der Waals surface area contributed by atoms with Crippen LogP contribution in [0.15, 0.2) is 12.1 Å². The molecule has 4 nitrogen and oxygen atoms in total. The van der Waals surface area contributed by atoms with Crippen molar-refractivity contribution in [1.82, 2.24) is 15.2 Å². The molecule has 1 amide bonds. The molecule has 0 fully saturated rings. The molecular weight excluding hydrogens is 262 g/mol. The van der Waals surface area contributed by atoms with Gasteiger partial charge in [-0.1, -0.05) is 32.4 Å². The van der Waals surface area contributed by atoms with Crippen LogP contribution in [0.25, 0.3) is 0 Å². The molecule has 0 atom stereocenters. The summed E-state index contributed by atoms with van der Waals surface area (Å²) >= 11 is 5.95. The fraction of sp³-hybridized carbons (Fsp3) is 0.571. The Hall–Kier alpha value is -1.13. The first kappa shape index (κ1) is 15.9. The van der Waals surface area contributed by atoms with Crippen LogP contribution in [0.4, 0.5) is 0 Å². The molecule has 0 aliphatic heterocycles. The molecule has 1 rings (SSSR count). The molecule has 1 aromatic heterocycles. The lowest BCUT2D eigenvalue weighted by molar-refractivity contribution is 0.0950. The quantitative estimate of drug-likeness (QED) is 0.816. The van der Waals surface area contributed by atoms with E-state index in [4.69, 9.17) is 11.6 Å². The summed E-state index contributed by atoms with van der Waals surface area (Å²) in [5, 5.41) is 3.25. The predicted octanol–water partition coefficient (Wildman–Crippen LogP) is 2.54. The Balaban J connectivity index is 2.66. The number of likely N-dealkylation sites (N-methyl/N-ethyl adjacent to an activating group) is 1. The standard InChI is InChI=1S/C14H22ClN3O/c1-5-18(4)7-6-16-14(19)11-8-12(10(2)3)17-13(15)9-11/h8-10H,5-7H2,1-4H3,(H,16,19). The van der Waals surface area contributed by atoms with Crippen molar-refractivity contribution in [2.24, 2.45) is 0 Å². The average Bonchev–Trinajstić information content (AvgIpc) is 2.37. The van der Waals surface area contributed by atoms with Crippen molar-refractivity contribution >= 4 is 17.5 Å². The van der Waals surface area contributed by atoms with E-state index in [1.54, 1.807) is 12.1 Å². The van der Waals surface area contributed by atoms with E-state index in [2.05, 4.69) is 22.1 Å². The van der Waals surface area contributed by atoms with Gasteiger partial charge >= 0.3 is 0 Å². The maximum atomic E-state index is 12.0. The van der Waals surface area contributed by atoms with Crippen LogP contribution in [0.1, 0.15) is 42.7 Å². The van der Waals surface area contributed by atoms with E-state index in [1.165, 1.54) is 0 Å². The van der Waals surface area contributed by atoms with Gasteiger partial charge in [0.2, 0.25) is 0 Å². The van der Waals surface area contributed by atoms with Crippen LogP contribution in [0, 0.1) is 0 Å². The smallest absolute Gasteiger partial charge is 0.251 e. The monoisotopic (exact) mass is 283 g/mol. The van der Waals surface area contributed by atoms with E-state index in [0.717, 1.165) is 18.8 Å². The van der Waals surface area contributed by atoms with E-state index in [9.17, 15) is 4.79 Å². The summed E-state index contributed by atoms with van der Waals surface area (Å²) in [5.41, 5.74) is 1.41. The third kappa shape index (κ3) is 5.17. The highest BCUT2D eigenvalue weighted by Crippen LogP contribution is 2.17. The molecule has 0 bridgehead atoms. The Morgan fingerprint density at radius 3 is 2.74 bits per heavy atom. The van der Waals surface area contributed by atoms with Crippen molar-refractivity contribution in [3.05, 3.63) is 28.5 Å². The molecule has 19 heavy (non-hydrogen) atoms. The minimum absolute atomic E-state index is 0.101. The van der Waals surface area contributed by atoms with E-state index in [-0.39, 0.29) is 11.8 Å². The van der Waals surface area contributed by atoms with E-state index in [1.807, 2.05) is 20.9 Å². The second-order valence-corrected chi connectivity index (χ2v) is 5.30. The van der Waals surface area contributed by atoms with Gasteiger partial charge in [0.25, 0.3) is 5.91 Å². The molecule has 106 valence electrons. The van der Waals surface area contributed by atoms with Crippen LogP contribution in [-0.2, 0) is 0 Å². The number of halogens is 1. The first-order valence-corrected chi connectivity index (χ1v) is 6.96. The highest BCUT2D eigenvalue weighted by atomic mass is 35.5. The molecule has 0 radical (unpaired) electrons. The van der Waals surface area contributed by atoms with Crippen molar-refractivity contribution in [3.63, 3.8) is 0 Å². The highest BCUT2D eigenvalue weighted by Gasteiger charge is 2.11. The summed E-state index contributed by atoms with van der Waals surface area (Å²) in [6.45, 7) is 8.55. The number of carbonyl (C=O) groups is 1. The van der Waals surface area contributed by atoms with Crippen molar-refractivity contribution < 1.29 is 4.79 Å². The third-order valence-corrected chi connectivity index (χ3v) is 3.18. The maximum Gasteiger partial charge on any atom is 0.251 e. The Bertz CT molecular complexity index is 435. The lowest BCUT2D eigenvalue weighted by atomic mass is 10.1. The number of carbonyl (C=O) groups excluding carboxylic acids is 1. The molecule has 1 N–H and O–H groups in total. The SMILES string of the molecule is CCN(C)CCNC(=O)c1cc(Cl)nc(C(C)C)c1. The number of nitrogens with one attached hydrogen (secondary N) is 1. The Morgan fingerprint density at radius 1 is 1.47 bits per heavy atom. The summed E-state index contributed by atoms with van der Waals surface area (Å²) < 4.78 is 0. The average molecular weight is 284 g/mol. The lowest BCUT2D eigenvalue weighted by Crippen LogP contribution is -2.33. The van der Waals surface area contributed by atoms with Gasteiger partial charge in [-0.2, -0.15) is 0 Å². The normalized spacial score (nSPS) is 11.1. The van der Waals surface area contributed by atoms with Crippen LogP contribution < -0.4 is 5.32 Å². The van der Waals surface area contributed by atoms with E-state index < -0.39 is 0 Å². The van der Waals surface area contributed by atoms with Gasteiger partial charge in [-0.25, -0.2) is 4.98 Å². The predicted molar refractivity (Wildman–Crippen MR) is 78.8 cm³/mol. The summed E-state index contributed by atoms with van der Waals surface area (Å²) in [5.74, 6) is 0.146. The number of nitrogens with zero attached hydrogens (tertiary/aromatic N) is 2. The van der Waals surface area contributed by atoms with Crippen molar-refractivity contribution in [3.8, 4) is 0 Å². The Labute approximate surface area is 120 Å². The van der Waals surface area contributed by atoms with Gasteiger partial charge in [0.05, 0.1) is 0 Å². The van der Waals surface area contributed by atoms with Crippen molar-refractivity contribution in [2.45, 2.75) is 26.7 Å². The second kappa shape index (κ2) is 7.46. The molecule has 0 aromatic carbocycles. The van der Waals surface area contributed by atoms with Crippen LogP contribution >= 0.6 is 11.6 Å². The fourth-order valence-corrected chi connectivity index (χ4v) is 1.78. The summed E-state index contributed by atoms with van der Waals surface area (Å²) in [4.78, 5) is 18.4. The van der Waals surface area contributed by atoms with Gasteiger partial charge in [0.1, 0.15) is 5.15 Å². The fourth-order valence-electron chi connectivity index (χ4n) is 1.56. The molecule has 5 heteroatoms. The molecule has 0 saturated carbocycles. The number of hydrogen-bond acceptors (Lipinski definition) is 3. The molecule has 0 aliphatic carbocycles. The first-order valence-electron chi connectivity index (χ1n) is 6.58. The van der Waals surface area contributed by atoms with E-state index in [0.29, 0.717) is 17.3 Å². The molecule has 1 aromatic rings. The third-order valence-electron chi connectivity index (χ3n) is 2.99. The summed E-state index contributed by atoms with van der Waals surface area (Å²) in [6.07, 6.45) is 0. The summed E-state index contributed by atoms with van der Waals surface area (Å²) in [6, 6.07) is 3.40. The molecule has 0 saturated heterocycles. The van der Waals surface area contributed by atoms with Gasteiger partial charge in [0, 0.05) is 24.3 Å². The maximum absolute atomic E-state index is 12.0. The van der Waals surface area contributed by atoms with Crippen LogP contribution in [0.2, 0.25) is 5.15 Å². The van der Waals surface area contributed by atoms with Crippen LogP contribution in [-0.4, -0.2) is 42.5 Å². The zero-order valence-corrected chi connectivity index (χ0v) is 12.8. The first-order chi connectivity index (χ1) is 8.93. The van der Waals surface area contributed by atoms with Crippen molar-refractivity contribution in [2.75, 3.05) is 26.7 Å². The number of rotatable bonds is 6. The van der Waals surface area contributed by atoms with E-state index >= 15 is 0 Å². The Morgan fingerprint density at radius 2 is 2.16 bits per heavy atom. The van der Waals surface area contributed by atoms with Gasteiger partial charge in [0.15, 0.2) is 0 Å². The molecule has 0 aliphatic rings. The largest absolute Gasteiger partial charge is 0.351 e. The zero-order valence-electron chi connectivity index (χ0n) is 12.0. The lowest BCUT2D eigenvalue weighted by Gasteiger charge is -2.14. The minimum Gasteiger partial charge on any atom is -0.351 e. The molecule has 0 spiro atoms. The topological polar surface area (TPSA) is 45.2 Å². The summed E-state index contributed by atoms with van der Waals surface area (Å²) in [7, 11) is 2.02. The number of pyridine rings is 1. The van der Waals surface area contributed by atoms with Crippen molar-refractivity contribution in [1.29, 1.82) is 0 Å². The number of amides is 1. The molecule has 1 heterocycles. The van der Waals surface area contributed by atoms with Gasteiger partial charge in [-0.05, 0) is 31.6 Å². The van der Waals surface area contributed by atoms with Crippen LogP contribution in [0.5, 0.6) is 0 Å². The molecular formula is C14H22ClN3O. The van der Waals surface area contributed by atoms with Crippen LogP contribution in [0.3, 0.4) is 0 Å². The number of hydrogen-bond donors (Lipinski definition) is 1.